The molecule has 0 saturated carbocycles. The molecule has 1 aliphatic rings. The molecule has 1 aliphatic heterocycles. The number of H-pyrrole nitrogens is 1. The van der Waals surface area contributed by atoms with E-state index < -0.39 is 10.0 Å². The maximum atomic E-state index is 13.0. The molecule has 2 aromatic rings. The third-order valence-corrected chi connectivity index (χ3v) is 7.68. The van der Waals surface area contributed by atoms with E-state index in [9.17, 15) is 8.42 Å². The summed E-state index contributed by atoms with van der Waals surface area (Å²) < 4.78 is 28.6. The van der Waals surface area contributed by atoms with E-state index in [1.165, 1.54) is 0 Å². The molecule has 118 valence electrons. The van der Waals surface area contributed by atoms with Gasteiger partial charge in [-0.15, -0.1) is 11.8 Å². The van der Waals surface area contributed by atoms with E-state index in [0.29, 0.717) is 22.8 Å². The quantitative estimate of drug-likeness (QED) is 0.856. The number of aromatic nitrogens is 2. The van der Waals surface area contributed by atoms with Crippen molar-refractivity contribution in [2.45, 2.75) is 24.1 Å². The highest BCUT2D eigenvalue weighted by Crippen LogP contribution is 2.42. The number of thioether (sulfide) groups is 1. The molecule has 22 heavy (non-hydrogen) atoms. The van der Waals surface area contributed by atoms with E-state index in [1.54, 1.807) is 29.9 Å². The van der Waals surface area contributed by atoms with Crippen LogP contribution in [0.5, 0.6) is 0 Å². The SMILES string of the molecule is Cc1n[nH]c(C)c1S(=O)(=O)N1CCSC1c1ccc(Br)cc1. The van der Waals surface area contributed by atoms with E-state index in [2.05, 4.69) is 26.1 Å². The second-order valence-corrected chi connectivity index (χ2v) is 9.08. The van der Waals surface area contributed by atoms with Gasteiger partial charge in [0.05, 0.1) is 16.8 Å². The topological polar surface area (TPSA) is 66.1 Å². The van der Waals surface area contributed by atoms with Crippen molar-refractivity contribution in [3.05, 3.63) is 45.7 Å². The molecule has 0 spiro atoms. The van der Waals surface area contributed by atoms with Crippen molar-refractivity contribution in [3.63, 3.8) is 0 Å². The molecule has 1 aromatic heterocycles. The Morgan fingerprint density at radius 2 is 2.00 bits per heavy atom. The average molecular weight is 402 g/mol. The number of nitrogens with one attached hydrogen (secondary N) is 1. The predicted octanol–water partition coefficient (Wildman–Crippen LogP) is 3.23. The lowest BCUT2D eigenvalue weighted by molar-refractivity contribution is 0.433. The third kappa shape index (κ3) is 2.73. The van der Waals surface area contributed by atoms with Gasteiger partial charge in [0.1, 0.15) is 4.90 Å². The number of hydrogen-bond acceptors (Lipinski definition) is 4. The van der Waals surface area contributed by atoms with Crippen molar-refractivity contribution in [2.24, 2.45) is 0 Å². The molecular formula is C14H16BrN3O2S2. The van der Waals surface area contributed by atoms with Crippen molar-refractivity contribution in [2.75, 3.05) is 12.3 Å². The zero-order chi connectivity index (χ0) is 15.9. The fourth-order valence-electron chi connectivity index (χ4n) is 2.63. The molecule has 1 atom stereocenters. The van der Waals surface area contributed by atoms with Crippen LogP contribution in [0.4, 0.5) is 0 Å². The third-order valence-electron chi connectivity index (χ3n) is 3.63. The van der Waals surface area contributed by atoms with Crippen LogP contribution in [-0.2, 0) is 10.0 Å². The lowest BCUT2D eigenvalue weighted by Crippen LogP contribution is -2.31. The van der Waals surface area contributed by atoms with Gasteiger partial charge in [-0.05, 0) is 31.5 Å². The minimum atomic E-state index is -3.56. The van der Waals surface area contributed by atoms with E-state index in [-0.39, 0.29) is 5.37 Å². The standard InChI is InChI=1S/C14H16BrN3O2S2/c1-9-13(10(2)17-16-9)22(19,20)18-7-8-21-14(18)11-3-5-12(15)6-4-11/h3-6,14H,7-8H2,1-2H3,(H,16,17). The smallest absolute Gasteiger partial charge is 0.248 e. The Hall–Kier alpha value is -0.830. The van der Waals surface area contributed by atoms with Gasteiger partial charge < -0.3 is 0 Å². The fourth-order valence-corrected chi connectivity index (χ4v) is 6.47. The fraction of sp³-hybridized carbons (Fsp3) is 0.357. The van der Waals surface area contributed by atoms with Crippen LogP contribution < -0.4 is 0 Å². The van der Waals surface area contributed by atoms with Gasteiger partial charge in [-0.3, -0.25) is 5.10 Å². The van der Waals surface area contributed by atoms with E-state index in [0.717, 1.165) is 15.8 Å². The summed E-state index contributed by atoms with van der Waals surface area (Å²) in [6.45, 7) is 3.97. The predicted molar refractivity (Wildman–Crippen MR) is 91.3 cm³/mol. The summed E-state index contributed by atoms with van der Waals surface area (Å²) in [5.74, 6) is 0.788. The van der Waals surface area contributed by atoms with Crippen LogP contribution in [0.3, 0.4) is 0 Å². The number of aryl methyl sites for hydroxylation is 2. The van der Waals surface area contributed by atoms with Gasteiger partial charge in [0.25, 0.3) is 0 Å². The molecule has 1 N–H and O–H groups in total. The number of hydrogen-bond donors (Lipinski definition) is 1. The van der Waals surface area contributed by atoms with E-state index >= 15 is 0 Å². The molecular weight excluding hydrogens is 386 g/mol. The van der Waals surface area contributed by atoms with Crippen LogP contribution in [0.15, 0.2) is 33.6 Å². The summed E-state index contributed by atoms with van der Waals surface area (Å²) in [4.78, 5) is 0.303. The molecule has 3 rings (SSSR count). The summed E-state index contributed by atoms with van der Waals surface area (Å²) in [6.07, 6.45) is 0. The number of benzene rings is 1. The maximum absolute atomic E-state index is 13.0. The van der Waals surface area contributed by atoms with Gasteiger partial charge >= 0.3 is 0 Å². The summed E-state index contributed by atoms with van der Waals surface area (Å²) >= 11 is 5.05. The first-order chi connectivity index (χ1) is 10.4. The van der Waals surface area contributed by atoms with E-state index in [1.807, 2.05) is 24.3 Å². The normalized spacial score (nSPS) is 19.7. The van der Waals surface area contributed by atoms with Crippen LogP contribution in [0.2, 0.25) is 0 Å². The number of nitrogens with zero attached hydrogens (tertiary/aromatic N) is 2. The molecule has 1 unspecified atom stereocenters. The molecule has 1 saturated heterocycles. The minimum Gasteiger partial charge on any atom is -0.281 e. The molecule has 0 amide bonds. The van der Waals surface area contributed by atoms with Crippen LogP contribution in [0.25, 0.3) is 0 Å². The molecule has 5 nitrogen and oxygen atoms in total. The summed E-state index contributed by atoms with van der Waals surface area (Å²) in [5.41, 5.74) is 2.10. The van der Waals surface area contributed by atoms with Gasteiger partial charge in [-0.1, -0.05) is 28.1 Å². The molecule has 1 fully saturated rings. The maximum Gasteiger partial charge on any atom is 0.248 e. The summed E-state index contributed by atoms with van der Waals surface area (Å²) in [6, 6.07) is 7.80. The van der Waals surface area contributed by atoms with Crippen molar-refractivity contribution in [1.82, 2.24) is 14.5 Å². The molecule has 0 radical (unpaired) electrons. The van der Waals surface area contributed by atoms with Crippen LogP contribution >= 0.6 is 27.7 Å². The average Bonchev–Trinajstić information content (AvgIpc) is 3.07. The Balaban J connectivity index is 2.01. The first kappa shape index (κ1) is 16.0. The van der Waals surface area contributed by atoms with Crippen molar-refractivity contribution >= 4 is 37.7 Å². The minimum absolute atomic E-state index is 0.188. The van der Waals surface area contributed by atoms with Gasteiger partial charge in [0.2, 0.25) is 10.0 Å². The Kier molecular flexibility index (Phi) is 4.37. The Labute approximate surface area is 142 Å². The highest BCUT2D eigenvalue weighted by atomic mass is 79.9. The second-order valence-electron chi connectivity index (χ2n) is 5.15. The molecule has 2 heterocycles. The Bertz CT molecular complexity index is 767. The molecule has 8 heteroatoms. The highest BCUT2D eigenvalue weighted by Gasteiger charge is 2.39. The second kappa shape index (κ2) is 5.99. The Morgan fingerprint density at radius 1 is 1.32 bits per heavy atom. The van der Waals surface area contributed by atoms with E-state index in [4.69, 9.17) is 0 Å². The lowest BCUT2D eigenvalue weighted by atomic mass is 10.2. The number of rotatable bonds is 3. The van der Waals surface area contributed by atoms with Crippen molar-refractivity contribution in [1.29, 1.82) is 0 Å². The highest BCUT2D eigenvalue weighted by molar-refractivity contribution is 9.10. The van der Waals surface area contributed by atoms with Gasteiger partial charge in [0.15, 0.2) is 0 Å². The first-order valence-corrected chi connectivity index (χ1v) is 10.1. The lowest BCUT2D eigenvalue weighted by Gasteiger charge is -2.23. The van der Waals surface area contributed by atoms with Crippen molar-refractivity contribution in [3.8, 4) is 0 Å². The number of halogens is 1. The molecule has 0 aliphatic carbocycles. The molecule has 0 bridgehead atoms. The van der Waals surface area contributed by atoms with Crippen LogP contribution in [0, 0.1) is 13.8 Å². The van der Waals surface area contributed by atoms with Crippen LogP contribution in [-0.4, -0.2) is 35.2 Å². The van der Waals surface area contributed by atoms with Gasteiger partial charge in [-0.2, -0.15) is 9.40 Å². The zero-order valence-electron chi connectivity index (χ0n) is 12.2. The van der Waals surface area contributed by atoms with Crippen molar-refractivity contribution < 1.29 is 8.42 Å². The summed E-state index contributed by atoms with van der Waals surface area (Å²) in [5, 5.41) is 6.59. The van der Waals surface area contributed by atoms with Gasteiger partial charge in [0, 0.05) is 16.8 Å². The zero-order valence-corrected chi connectivity index (χ0v) is 15.4. The summed E-state index contributed by atoms with van der Waals surface area (Å²) in [7, 11) is -3.56. The van der Waals surface area contributed by atoms with Crippen LogP contribution in [0.1, 0.15) is 22.3 Å². The monoisotopic (exact) mass is 401 g/mol. The first-order valence-electron chi connectivity index (χ1n) is 6.82. The molecule has 1 aromatic carbocycles. The Morgan fingerprint density at radius 3 is 2.59 bits per heavy atom. The number of aromatic amines is 1. The number of sulfonamides is 1. The largest absolute Gasteiger partial charge is 0.281 e. The van der Waals surface area contributed by atoms with Gasteiger partial charge in [-0.25, -0.2) is 8.42 Å².